The van der Waals surface area contributed by atoms with Crippen molar-refractivity contribution in [3.63, 3.8) is 0 Å². The van der Waals surface area contributed by atoms with Crippen molar-refractivity contribution in [3.05, 3.63) is 146 Å². The molecule has 0 N–H and O–H groups in total. The van der Waals surface area contributed by atoms with Crippen molar-refractivity contribution < 1.29 is 28.6 Å². The molecule has 0 saturated carbocycles. The number of allylic oxidation sites excluding steroid dienone is 24. The summed E-state index contributed by atoms with van der Waals surface area (Å²) < 4.78 is 16.7. The number of esters is 3. The van der Waals surface area contributed by atoms with Gasteiger partial charge in [0.2, 0.25) is 0 Å². The van der Waals surface area contributed by atoms with Gasteiger partial charge in [-0.05, 0) is 128 Å². The Morgan fingerprint density at radius 2 is 0.592 bits per heavy atom. The van der Waals surface area contributed by atoms with E-state index in [2.05, 4.69) is 154 Å². The van der Waals surface area contributed by atoms with Crippen LogP contribution in [0.2, 0.25) is 0 Å². The topological polar surface area (TPSA) is 78.9 Å². The van der Waals surface area contributed by atoms with Crippen molar-refractivity contribution in [2.24, 2.45) is 0 Å². The van der Waals surface area contributed by atoms with Gasteiger partial charge in [0.15, 0.2) is 6.10 Å². The van der Waals surface area contributed by atoms with Crippen LogP contribution in [-0.4, -0.2) is 37.2 Å². The Hall–Kier alpha value is -4.71. The van der Waals surface area contributed by atoms with Crippen LogP contribution in [0.5, 0.6) is 0 Å². The lowest BCUT2D eigenvalue weighted by Crippen LogP contribution is -2.30. The number of rotatable bonds is 49. The monoisotopic (exact) mass is 979 g/mol. The minimum atomic E-state index is -0.848. The molecule has 398 valence electrons. The summed E-state index contributed by atoms with van der Waals surface area (Å²) in [6, 6.07) is 0. The molecule has 0 rings (SSSR count). The first-order valence-electron chi connectivity index (χ1n) is 28.3. The predicted octanol–water partition coefficient (Wildman–Crippen LogP) is 19.2. The second-order valence-corrected chi connectivity index (χ2v) is 18.1. The lowest BCUT2D eigenvalue weighted by atomic mass is 10.1. The van der Waals surface area contributed by atoms with Crippen LogP contribution in [0, 0.1) is 0 Å². The molecule has 0 aliphatic heterocycles. The highest BCUT2D eigenvalue weighted by molar-refractivity contribution is 5.71. The third kappa shape index (κ3) is 56.1. The molecule has 0 aliphatic rings. The number of ether oxygens (including phenoxy) is 3. The van der Waals surface area contributed by atoms with Gasteiger partial charge in [0.05, 0.1) is 0 Å². The Morgan fingerprint density at radius 1 is 0.296 bits per heavy atom. The van der Waals surface area contributed by atoms with E-state index in [1.807, 2.05) is 12.2 Å². The van der Waals surface area contributed by atoms with Gasteiger partial charge in [0, 0.05) is 19.3 Å². The van der Waals surface area contributed by atoms with Crippen molar-refractivity contribution in [3.8, 4) is 0 Å². The first-order valence-corrected chi connectivity index (χ1v) is 28.3. The van der Waals surface area contributed by atoms with Crippen molar-refractivity contribution in [2.75, 3.05) is 13.2 Å². The van der Waals surface area contributed by atoms with E-state index < -0.39 is 6.10 Å². The molecule has 0 aromatic carbocycles. The smallest absolute Gasteiger partial charge is 0.306 e. The van der Waals surface area contributed by atoms with Gasteiger partial charge in [-0.3, -0.25) is 14.4 Å². The summed E-state index contributed by atoms with van der Waals surface area (Å²) in [6.07, 6.45) is 82.8. The minimum absolute atomic E-state index is 0.143. The molecular formula is C65H102O6. The van der Waals surface area contributed by atoms with Crippen LogP contribution >= 0.6 is 0 Å². The molecule has 1 atom stereocenters. The van der Waals surface area contributed by atoms with E-state index in [0.717, 1.165) is 103 Å². The number of unbranched alkanes of at least 4 members (excludes halogenated alkanes) is 14. The highest BCUT2D eigenvalue weighted by Gasteiger charge is 2.19. The first kappa shape index (κ1) is 66.3. The van der Waals surface area contributed by atoms with E-state index in [9.17, 15) is 14.4 Å². The summed E-state index contributed by atoms with van der Waals surface area (Å²) in [7, 11) is 0. The van der Waals surface area contributed by atoms with Gasteiger partial charge in [-0.25, -0.2) is 0 Å². The van der Waals surface area contributed by atoms with Crippen LogP contribution in [-0.2, 0) is 28.6 Å². The zero-order valence-corrected chi connectivity index (χ0v) is 45.4. The molecule has 0 aliphatic carbocycles. The number of carbonyl (C=O) groups excluding carboxylic acids is 3. The van der Waals surface area contributed by atoms with E-state index in [1.54, 1.807) is 0 Å². The normalized spacial score (nSPS) is 13.2. The summed E-state index contributed by atoms with van der Waals surface area (Å²) in [5.41, 5.74) is 0. The molecule has 0 bridgehead atoms. The maximum atomic E-state index is 12.8. The maximum Gasteiger partial charge on any atom is 0.306 e. The fourth-order valence-corrected chi connectivity index (χ4v) is 7.08. The van der Waals surface area contributed by atoms with Gasteiger partial charge < -0.3 is 14.2 Å². The zero-order valence-electron chi connectivity index (χ0n) is 45.4. The van der Waals surface area contributed by atoms with Gasteiger partial charge in [-0.15, -0.1) is 0 Å². The minimum Gasteiger partial charge on any atom is -0.462 e. The fourth-order valence-electron chi connectivity index (χ4n) is 7.08. The van der Waals surface area contributed by atoms with Crippen LogP contribution in [0.4, 0.5) is 0 Å². The Kier molecular flexibility index (Phi) is 54.0. The molecule has 0 heterocycles. The quantitative estimate of drug-likeness (QED) is 0.0262. The van der Waals surface area contributed by atoms with Crippen LogP contribution in [0.15, 0.2) is 146 Å². The van der Waals surface area contributed by atoms with Crippen LogP contribution in [0.1, 0.15) is 226 Å². The molecule has 0 unspecified atom stereocenters. The second-order valence-electron chi connectivity index (χ2n) is 18.1. The van der Waals surface area contributed by atoms with E-state index in [0.29, 0.717) is 12.8 Å². The van der Waals surface area contributed by atoms with E-state index in [1.165, 1.54) is 70.6 Å². The van der Waals surface area contributed by atoms with Gasteiger partial charge >= 0.3 is 17.9 Å². The third-order valence-electron chi connectivity index (χ3n) is 11.3. The van der Waals surface area contributed by atoms with Crippen molar-refractivity contribution in [1.29, 1.82) is 0 Å². The fraction of sp³-hybridized carbons (Fsp3) is 0.585. The Labute approximate surface area is 436 Å². The van der Waals surface area contributed by atoms with Crippen molar-refractivity contribution in [1.82, 2.24) is 0 Å². The predicted molar refractivity (Wildman–Crippen MR) is 306 cm³/mol. The molecule has 71 heavy (non-hydrogen) atoms. The summed E-state index contributed by atoms with van der Waals surface area (Å²) >= 11 is 0. The summed E-state index contributed by atoms with van der Waals surface area (Å²) in [5.74, 6) is -1.11. The molecule has 6 nitrogen and oxygen atoms in total. The largest absolute Gasteiger partial charge is 0.462 e. The SMILES string of the molecule is CC/C=C\C/C=C\C/C=C\C/C=C\C/C=C\C/C=C\CCC(=O)OC[C@H](COC(=O)CCC/C=C\C/C=C\C/C=C\CCCCCCCC)OC(=O)CCCCCC/C=C\C/C=C\C/C=C\CCCCC. The number of hydrogen-bond donors (Lipinski definition) is 0. The van der Waals surface area contributed by atoms with E-state index >= 15 is 0 Å². The Morgan fingerprint density at radius 3 is 1.01 bits per heavy atom. The molecule has 0 spiro atoms. The lowest BCUT2D eigenvalue weighted by Gasteiger charge is -2.18. The molecule has 0 saturated heterocycles. The molecule has 6 heteroatoms. The molecule has 0 radical (unpaired) electrons. The maximum absolute atomic E-state index is 12.8. The first-order chi connectivity index (χ1) is 35.0. The highest BCUT2D eigenvalue weighted by Crippen LogP contribution is 2.11. The van der Waals surface area contributed by atoms with Crippen LogP contribution in [0.3, 0.4) is 0 Å². The highest BCUT2D eigenvalue weighted by atomic mass is 16.6. The van der Waals surface area contributed by atoms with Gasteiger partial charge in [0.1, 0.15) is 13.2 Å². The van der Waals surface area contributed by atoms with Gasteiger partial charge in [0.25, 0.3) is 0 Å². The summed E-state index contributed by atoms with van der Waals surface area (Å²) in [6.45, 7) is 6.35. The van der Waals surface area contributed by atoms with Gasteiger partial charge in [-0.1, -0.05) is 224 Å². The second kappa shape index (κ2) is 57.9. The Balaban J connectivity index is 4.64. The van der Waals surface area contributed by atoms with Crippen molar-refractivity contribution in [2.45, 2.75) is 232 Å². The average molecular weight is 980 g/mol. The van der Waals surface area contributed by atoms with E-state index in [4.69, 9.17) is 14.2 Å². The lowest BCUT2D eigenvalue weighted by molar-refractivity contribution is -0.166. The molecular weight excluding hydrogens is 877 g/mol. The Bertz CT molecular complexity index is 1590. The number of carbonyl (C=O) groups is 3. The molecule has 0 amide bonds. The molecule has 0 fully saturated rings. The van der Waals surface area contributed by atoms with Crippen LogP contribution < -0.4 is 0 Å². The van der Waals surface area contributed by atoms with Crippen LogP contribution in [0.25, 0.3) is 0 Å². The van der Waals surface area contributed by atoms with E-state index in [-0.39, 0.29) is 50.4 Å². The zero-order chi connectivity index (χ0) is 51.4. The molecule has 0 aromatic rings. The summed E-state index contributed by atoms with van der Waals surface area (Å²) in [5, 5.41) is 0. The van der Waals surface area contributed by atoms with Gasteiger partial charge in [-0.2, -0.15) is 0 Å². The summed E-state index contributed by atoms with van der Waals surface area (Å²) in [4.78, 5) is 38.1. The average Bonchev–Trinajstić information content (AvgIpc) is 3.37. The number of hydrogen-bond acceptors (Lipinski definition) is 6. The molecule has 0 aromatic heterocycles. The van der Waals surface area contributed by atoms with Crippen molar-refractivity contribution >= 4 is 17.9 Å². The standard InChI is InChI=1S/C65H102O6/c1-4-7-10-13-16-19-22-25-28-31-32-35-37-40-43-46-49-52-55-58-64(67)70-61-62(71-65(68)59-56-53-50-47-44-41-38-34-30-27-24-21-18-15-12-9-6-3)60-69-63(66)57-54-51-48-45-42-39-36-33-29-26-23-20-17-14-11-8-5-2/h7,10,16,18-19,21,25-30,32,35-36,38-41,43,45,48-49,52,62H,4-6,8-9,11-15,17,20,22-24,31,33-34,37,42,44,46-47,50-51,53-61H2,1-3H3/b10-7-,19-16-,21-18-,28-25-,29-26-,30-27-,35-32-,39-36-,41-38-,43-40-,48-45-,52-49-/t62-/m0/s1. The third-order valence-corrected chi connectivity index (χ3v) is 11.3.